The minimum Gasteiger partial charge on any atom is -0.469 e. The van der Waals surface area contributed by atoms with E-state index in [4.69, 9.17) is 43.0 Å². The van der Waals surface area contributed by atoms with Crippen molar-refractivity contribution < 1.29 is 9.53 Å². The Balaban J connectivity index is 1.33. The van der Waals surface area contributed by atoms with Gasteiger partial charge in [-0.1, -0.05) is 47.5 Å². The summed E-state index contributed by atoms with van der Waals surface area (Å²) >= 11 is 16.0. The second-order valence-corrected chi connectivity index (χ2v) is 15.6. The van der Waals surface area contributed by atoms with Crippen LogP contribution < -0.4 is 4.78 Å². The molecule has 0 spiro atoms. The number of aromatic nitrogens is 6. The zero-order valence-electron chi connectivity index (χ0n) is 28.5. The Labute approximate surface area is 313 Å². The Bertz CT molecular complexity index is 2430. The Morgan fingerprint density at radius 2 is 1.27 bits per heavy atom. The number of esters is 1. The molecule has 0 saturated heterocycles. The van der Waals surface area contributed by atoms with Gasteiger partial charge in [0, 0.05) is 37.2 Å². The molecule has 0 aliphatic carbocycles. The lowest BCUT2D eigenvalue weighted by Crippen LogP contribution is -2.24. The maximum absolute atomic E-state index is 12.6. The van der Waals surface area contributed by atoms with E-state index >= 15 is 0 Å². The highest BCUT2D eigenvalue weighted by Crippen LogP contribution is 2.40. The van der Waals surface area contributed by atoms with Gasteiger partial charge >= 0.3 is 5.97 Å². The van der Waals surface area contributed by atoms with Gasteiger partial charge in [0.25, 0.3) is 0 Å². The van der Waals surface area contributed by atoms with Gasteiger partial charge in [-0.2, -0.15) is 0 Å². The van der Waals surface area contributed by atoms with Gasteiger partial charge in [0.2, 0.25) is 7.28 Å². The summed E-state index contributed by atoms with van der Waals surface area (Å²) in [6, 6.07) is 14.8. The SMILES string of the molecule is COC(=O)CC1N=C(c2ccc(Cl)cc2)c2c(sc([B]C3N=C(c4ccc(Cl)cc4)c4c(sc(C)c4C)-n4c(C)nnc43)c2C)-n2c(C)nnc21. The summed E-state index contributed by atoms with van der Waals surface area (Å²) in [7, 11) is 3.54. The van der Waals surface area contributed by atoms with Crippen LogP contribution in [0.4, 0.5) is 0 Å². The fraction of sp³-hybridized carbons (Fsp3) is 0.250. The summed E-state index contributed by atoms with van der Waals surface area (Å²) < 4.78 is 10.2. The standard InChI is InChI=1S/C36H30BCl2N8O2S2/c1-16-18(3)50-35-27(16)30(22-9-13-24(39)14-10-22)41-31(34-45-43-20(5)47(34)35)37-32-17(2)28-29(21-7-11-23(38)12-8-21)40-25(15-26(48)49-6)33-44-42-19(4)46(33)36(28)51-32/h7-14,25,31H,15H2,1-6H3. The molecule has 6 aromatic rings. The zero-order valence-corrected chi connectivity index (χ0v) is 31.7. The highest BCUT2D eigenvalue weighted by atomic mass is 35.5. The topological polar surface area (TPSA) is 112 Å². The van der Waals surface area contributed by atoms with Crippen molar-refractivity contribution in [2.45, 2.75) is 53.0 Å². The summed E-state index contributed by atoms with van der Waals surface area (Å²) in [5.41, 5.74) is 7.59. The summed E-state index contributed by atoms with van der Waals surface area (Å²) in [6.07, 6.45) is 0.0149. The van der Waals surface area contributed by atoms with Crippen molar-refractivity contribution in [2.75, 3.05) is 7.11 Å². The van der Waals surface area contributed by atoms with Crippen molar-refractivity contribution in [2.24, 2.45) is 9.98 Å². The van der Waals surface area contributed by atoms with E-state index in [0.29, 0.717) is 21.7 Å². The fourth-order valence-corrected chi connectivity index (χ4v) is 9.44. The molecule has 0 N–H and O–H groups in total. The van der Waals surface area contributed by atoms with E-state index in [9.17, 15) is 4.79 Å². The van der Waals surface area contributed by atoms with Crippen LogP contribution in [0, 0.1) is 34.6 Å². The molecule has 1 radical (unpaired) electrons. The summed E-state index contributed by atoms with van der Waals surface area (Å²) in [5, 5.41) is 21.4. The highest BCUT2D eigenvalue weighted by molar-refractivity contribution is 7.24. The molecule has 6 heterocycles. The summed E-state index contributed by atoms with van der Waals surface area (Å²) in [6.45, 7) is 10.3. The van der Waals surface area contributed by atoms with Crippen LogP contribution in [0.2, 0.25) is 10.0 Å². The monoisotopic (exact) mass is 751 g/mol. The molecule has 255 valence electrons. The number of aryl methyl sites for hydroxylation is 3. The molecule has 2 atom stereocenters. The molecule has 0 bridgehead atoms. The van der Waals surface area contributed by atoms with Crippen LogP contribution in [0.5, 0.6) is 0 Å². The molecular formula is C36H30BCl2N8O2S2. The molecule has 0 amide bonds. The van der Waals surface area contributed by atoms with Gasteiger partial charge in [-0.05, 0) is 74.8 Å². The number of thiophene rings is 2. The van der Waals surface area contributed by atoms with Crippen molar-refractivity contribution in [1.29, 1.82) is 0 Å². The van der Waals surface area contributed by atoms with Crippen LogP contribution in [0.3, 0.4) is 0 Å². The van der Waals surface area contributed by atoms with Crippen molar-refractivity contribution >= 4 is 75.3 Å². The molecule has 2 unspecified atom stereocenters. The number of methoxy groups -OCH3 is 1. The van der Waals surface area contributed by atoms with E-state index in [1.54, 1.807) is 22.7 Å². The largest absolute Gasteiger partial charge is 0.469 e. The Morgan fingerprint density at radius 1 is 0.745 bits per heavy atom. The quantitative estimate of drug-likeness (QED) is 0.132. The van der Waals surface area contributed by atoms with E-state index < -0.39 is 12.0 Å². The van der Waals surface area contributed by atoms with Crippen molar-refractivity contribution in [3.63, 3.8) is 0 Å². The third-order valence-electron chi connectivity index (χ3n) is 9.36. The highest BCUT2D eigenvalue weighted by Gasteiger charge is 2.36. The smallest absolute Gasteiger partial charge is 0.308 e. The van der Waals surface area contributed by atoms with Gasteiger partial charge in [0.05, 0.1) is 30.9 Å². The molecule has 2 aliphatic heterocycles. The molecule has 15 heteroatoms. The number of hydrogen-bond donors (Lipinski definition) is 0. The molecule has 2 aromatic carbocycles. The van der Waals surface area contributed by atoms with Crippen molar-refractivity contribution in [3.05, 3.63) is 120 Å². The lowest BCUT2D eigenvalue weighted by molar-refractivity contribution is -0.141. The predicted molar refractivity (Wildman–Crippen MR) is 204 cm³/mol. The van der Waals surface area contributed by atoms with Crippen LogP contribution >= 0.6 is 45.9 Å². The molecule has 2 aliphatic rings. The second kappa shape index (κ2) is 13.0. The lowest BCUT2D eigenvalue weighted by atomic mass is 9.66. The first-order chi connectivity index (χ1) is 24.5. The van der Waals surface area contributed by atoms with E-state index in [2.05, 4.69) is 47.9 Å². The third-order valence-corrected chi connectivity index (χ3v) is 12.3. The number of halogens is 2. The number of hydrogen-bond acceptors (Lipinski definition) is 10. The minimum absolute atomic E-state index is 0.0149. The number of nitrogens with zero attached hydrogens (tertiary/aromatic N) is 8. The Kier molecular flexibility index (Phi) is 8.57. The minimum atomic E-state index is -0.614. The van der Waals surface area contributed by atoms with Gasteiger partial charge in [0.15, 0.2) is 11.6 Å². The number of fused-ring (bicyclic) bond motifs is 6. The molecule has 4 aromatic heterocycles. The first-order valence-electron chi connectivity index (χ1n) is 16.2. The zero-order chi connectivity index (χ0) is 35.7. The first-order valence-corrected chi connectivity index (χ1v) is 18.6. The average Bonchev–Trinajstić information content (AvgIpc) is 3.81. The summed E-state index contributed by atoms with van der Waals surface area (Å²) in [4.78, 5) is 24.5. The molecule has 0 saturated carbocycles. The third kappa shape index (κ3) is 5.67. The Hall–Kier alpha value is -4.43. The van der Waals surface area contributed by atoms with E-state index in [0.717, 1.165) is 65.7 Å². The van der Waals surface area contributed by atoms with Crippen LogP contribution in [0.1, 0.15) is 80.0 Å². The molecule has 51 heavy (non-hydrogen) atoms. The molecule has 8 rings (SSSR count). The first kappa shape index (κ1) is 33.7. The number of rotatable bonds is 6. The maximum atomic E-state index is 12.6. The lowest BCUT2D eigenvalue weighted by Gasteiger charge is -2.13. The van der Waals surface area contributed by atoms with Gasteiger partial charge in [0.1, 0.15) is 27.7 Å². The van der Waals surface area contributed by atoms with Crippen LogP contribution in [-0.4, -0.2) is 61.3 Å². The number of carbonyl (C=O) groups is 1. The number of aliphatic imine (C=N–C) groups is 2. The van der Waals surface area contributed by atoms with Crippen molar-refractivity contribution in [1.82, 2.24) is 29.5 Å². The van der Waals surface area contributed by atoms with E-state index in [-0.39, 0.29) is 12.4 Å². The van der Waals surface area contributed by atoms with Gasteiger partial charge < -0.3 is 4.74 Å². The molecule has 0 fully saturated rings. The fourth-order valence-electron chi connectivity index (χ4n) is 6.65. The number of ether oxygens (including phenoxy) is 1. The van der Waals surface area contributed by atoms with E-state index in [1.807, 2.05) is 66.9 Å². The normalized spacial score (nSPS) is 16.2. The van der Waals surface area contributed by atoms with Gasteiger partial charge in [-0.15, -0.1) is 43.1 Å². The predicted octanol–water partition coefficient (Wildman–Crippen LogP) is 7.15. The van der Waals surface area contributed by atoms with Gasteiger partial charge in [-0.3, -0.25) is 23.9 Å². The molecule has 10 nitrogen and oxygen atoms in total. The van der Waals surface area contributed by atoms with Crippen molar-refractivity contribution in [3.8, 4) is 10.0 Å². The maximum Gasteiger partial charge on any atom is 0.308 e. The van der Waals surface area contributed by atoms with Gasteiger partial charge in [-0.25, -0.2) is 0 Å². The number of carbonyl (C=O) groups excluding carboxylic acids is 1. The second-order valence-electron chi connectivity index (χ2n) is 12.5. The Morgan fingerprint density at radius 3 is 1.88 bits per heavy atom. The average molecular weight is 753 g/mol. The summed E-state index contributed by atoms with van der Waals surface area (Å²) in [5.74, 6) is 1.90. The van der Waals surface area contributed by atoms with E-state index in [1.165, 1.54) is 17.6 Å². The van der Waals surface area contributed by atoms with Crippen LogP contribution in [-0.2, 0) is 9.53 Å². The van der Waals surface area contributed by atoms with Crippen LogP contribution in [0.15, 0.2) is 58.5 Å². The van der Waals surface area contributed by atoms with Crippen LogP contribution in [0.25, 0.3) is 10.0 Å². The molecular weight excluding hydrogens is 722 g/mol. The number of benzene rings is 2.